The van der Waals surface area contributed by atoms with Gasteiger partial charge in [0.2, 0.25) is 5.91 Å². The number of amides is 1. The summed E-state index contributed by atoms with van der Waals surface area (Å²) in [5, 5.41) is 3.34. The molecule has 342 valence electrons. The first-order valence-electron chi connectivity index (χ1n) is 25.8. The molecule has 1 amide bonds. The Kier molecular flexibility index (Phi) is 36.3. The first kappa shape index (κ1) is 54.6. The highest BCUT2D eigenvalue weighted by Gasteiger charge is 2.44. The first-order valence-corrected chi connectivity index (χ1v) is 25.8. The number of rotatable bonds is 42. The van der Waals surface area contributed by atoms with Gasteiger partial charge in [-0.3, -0.25) is 9.59 Å². The molecular weight excluding hydrogens is 717 g/mol. The van der Waals surface area contributed by atoms with Gasteiger partial charge >= 0.3 is 5.97 Å². The second kappa shape index (κ2) is 38.5. The van der Waals surface area contributed by atoms with Gasteiger partial charge in [-0.1, -0.05) is 181 Å². The van der Waals surface area contributed by atoms with Crippen molar-refractivity contribution in [3.05, 3.63) is 12.2 Å². The smallest absolute Gasteiger partial charge is 0.305 e. The summed E-state index contributed by atoms with van der Waals surface area (Å²) >= 11 is 0. The molecule has 1 aliphatic heterocycles. The largest absolute Gasteiger partial charge is 0.463 e. The highest BCUT2D eigenvalue weighted by Crippen LogP contribution is 2.39. The molecule has 3 atom stereocenters. The molecule has 0 spiro atoms. The molecule has 0 saturated carbocycles. The van der Waals surface area contributed by atoms with E-state index in [1.165, 1.54) is 173 Å². The van der Waals surface area contributed by atoms with Crippen LogP contribution in [0.4, 0.5) is 0 Å². The Morgan fingerprint density at radius 3 is 1.57 bits per heavy atom. The van der Waals surface area contributed by atoms with Crippen LogP contribution in [-0.4, -0.2) is 60.8 Å². The van der Waals surface area contributed by atoms with Crippen molar-refractivity contribution < 1.29 is 19.1 Å². The summed E-state index contributed by atoms with van der Waals surface area (Å²) in [6, 6.07) is -0.311. The molecule has 0 radical (unpaired) electrons. The minimum atomic E-state index is -0.311. The maximum atomic E-state index is 13.4. The third kappa shape index (κ3) is 31.5. The molecule has 1 rings (SSSR count). The van der Waals surface area contributed by atoms with Crippen LogP contribution in [0.15, 0.2) is 12.2 Å². The summed E-state index contributed by atoms with van der Waals surface area (Å²) < 4.78 is 12.7. The monoisotopic (exact) mass is 817 g/mol. The van der Waals surface area contributed by atoms with Crippen LogP contribution >= 0.6 is 0 Å². The van der Waals surface area contributed by atoms with E-state index in [9.17, 15) is 9.59 Å². The van der Waals surface area contributed by atoms with Crippen LogP contribution in [-0.2, 0) is 19.1 Å². The summed E-state index contributed by atoms with van der Waals surface area (Å²) in [7, 11) is 0. The van der Waals surface area contributed by atoms with E-state index >= 15 is 0 Å². The number of carbonyl (C=O) groups excluding carboxylic acids is 2. The maximum Gasteiger partial charge on any atom is 0.305 e. The van der Waals surface area contributed by atoms with Gasteiger partial charge in [0, 0.05) is 12.8 Å². The van der Waals surface area contributed by atoms with Crippen molar-refractivity contribution in [1.29, 1.82) is 0 Å². The molecule has 0 aliphatic carbocycles. The van der Waals surface area contributed by atoms with E-state index in [4.69, 9.17) is 9.47 Å². The summed E-state index contributed by atoms with van der Waals surface area (Å²) in [6.45, 7) is 16.7. The fourth-order valence-electron chi connectivity index (χ4n) is 8.84. The molecule has 0 aromatic heterocycles. The molecule has 0 aromatic carbocycles. The normalized spacial score (nSPS) is 17.1. The van der Waals surface area contributed by atoms with Crippen molar-refractivity contribution in [3.63, 3.8) is 0 Å². The van der Waals surface area contributed by atoms with Crippen LogP contribution in [0.25, 0.3) is 0 Å². The number of allylic oxidation sites excluding steroid dienone is 2. The van der Waals surface area contributed by atoms with Crippen molar-refractivity contribution in [2.75, 3.05) is 26.2 Å². The van der Waals surface area contributed by atoms with E-state index in [1.54, 1.807) is 0 Å². The van der Waals surface area contributed by atoms with Crippen LogP contribution in [0.3, 0.4) is 0 Å². The zero-order chi connectivity index (χ0) is 42.4. The van der Waals surface area contributed by atoms with Gasteiger partial charge in [-0.2, -0.15) is 0 Å². The Hall–Kier alpha value is -1.40. The first-order chi connectivity index (χ1) is 28.3. The molecule has 1 heterocycles. The average Bonchev–Trinajstić information content (AvgIpc) is 3.52. The summed E-state index contributed by atoms with van der Waals surface area (Å²) in [5.74, 6) is 0.267. The Labute approximate surface area is 362 Å². The molecule has 1 saturated heterocycles. The van der Waals surface area contributed by atoms with E-state index in [-0.39, 0.29) is 36.2 Å². The highest BCUT2D eigenvalue weighted by molar-refractivity contribution is 5.76. The fourth-order valence-corrected chi connectivity index (χ4v) is 8.84. The van der Waals surface area contributed by atoms with E-state index in [2.05, 4.69) is 63.9 Å². The molecule has 1 aliphatic rings. The van der Waals surface area contributed by atoms with Crippen molar-refractivity contribution in [2.45, 2.75) is 278 Å². The van der Waals surface area contributed by atoms with E-state index in [0.717, 1.165) is 51.7 Å². The van der Waals surface area contributed by atoms with Crippen molar-refractivity contribution in [3.8, 4) is 0 Å². The lowest BCUT2D eigenvalue weighted by atomic mass is 9.86. The average molecular weight is 817 g/mol. The second-order valence-electron chi connectivity index (χ2n) is 18.8. The number of nitrogens with one attached hydrogen (secondary N) is 1. The zero-order valence-electron chi connectivity index (χ0n) is 39.8. The highest BCUT2D eigenvalue weighted by atomic mass is 16.5. The zero-order valence-corrected chi connectivity index (χ0v) is 39.8. The van der Waals surface area contributed by atoms with Gasteiger partial charge in [0.15, 0.2) is 0 Å². The van der Waals surface area contributed by atoms with Gasteiger partial charge in [-0.05, 0) is 104 Å². The Morgan fingerprint density at radius 1 is 0.603 bits per heavy atom. The maximum absolute atomic E-state index is 13.4. The van der Waals surface area contributed by atoms with Crippen LogP contribution < -0.4 is 5.32 Å². The predicted octanol–water partition coefficient (Wildman–Crippen LogP) is 15.0. The number of nitrogens with zero attached hydrogens (tertiary/aromatic N) is 1. The number of esters is 1. The second-order valence-corrected chi connectivity index (χ2v) is 18.8. The van der Waals surface area contributed by atoms with Gasteiger partial charge in [0.05, 0.1) is 17.7 Å². The van der Waals surface area contributed by atoms with Gasteiger partial charge < -0.3 is 19.7 Å². The minimum absolute atomic E-state index is 0.0681. The molecule has 1 N–H and O–H groups in total. The van der Waals surface area contributed by atoms with Crippen LogP contribution in [0.5, 0.6) is 0 Å². The molecule has 58 heavy (non-hydrogen) atoms. The Balaban J connectivity index is 2.61. The lowest BCUT2D eigenvalue weighted by Crippen LogP contribution is -2.49. The number of ether oxygens (including phenoxy) is 2. The van der Waals surface area contributed by atoms with E-state index in [0.29, 0.717) is 18.8 Å². The topological polar surface area (TPSA) is 67.9 Å². The third-order valence-electron chi connectivity index (χ3n) is 12.4. The van der Waals surface area contributed by atoms with Gasteiger partial charge in [0.1, 0.15) is 6.61 Å². The third-order valence-corrected chi connectivity index (χ3v) is 12.4. The van der Waals surface area contributed by atoms with Gasteiger partial charge in [-0.25, -0.2) is 0 Å². The van der Waals surface area contributed by atoms with Crippen molar-refractivity contribution in [2.24, 2.45) is 5.92 Å². The molecule has 0 unspecified atom stereocenters. The lowest BCUT2D eigenvalue weighted by molar-refractivity contribution is -0.147. The molecule has 0 aromatic rings. The van der Waals surface area contributed by atoms with Crippen LogP contribution in [0, 0.1) is 5.92 Å². The Morgan fingerprint density at radius 2 is 1.05 bits per heavy atom. The van der Waals surface area contributed by atoms with Gasteiger partial charge in [0.25, 0.3) is 0 Å². The van der Waals surface area contributed by atoms with Crippen molar-refractivity contribution >= 4 is 11.9 Å². The number of unbranched alkanes of at least 4 members (excludes halogenated alkanes) is 24. The lowest BCUT2D eigenvalue weighted by Gasteiger charge is -2.29. The quantitative estimate of drug-likeness (QED) is 0.0378. The molecule has 6 nitrogen and oxygen atoms in total. The fraction of sp³-hybridized carbons (Fsp3) is 0.923. The molecular formula is C52H100N2O4. The molecule has 6 heteroatoms. The number of hydrogen-bond acceptors (Lipinski definition) is 5. The summed E-state index contributed by atoms with van der Waals surface area (Å²) in [5.41, 5.74) is -0.247. The number of carbonyl (C=O) groups is 2. The summed E-state index contributed by atoms with van der Waals surface area (Å²) in [6.07, 6.45) is 45.6. The van der Waals surface area contributed by atoms with E-state index < -0.39 is 0 Å². The predicted molar refractivity (Wildman–Crippen MR) is 251 cm³/mol. The van der Waals surface area contributed by atoms with Gasteiger partial charge in [-0.15, -0.1) is 0 Å². The van der Waals surface area contributed by atoms with E-state index in [1.807, 2.05) is 0 Å². The van der Waals surface area contributed by atoms with Crippen LogP contribution in [0.2, 0.25) is 0 Å². The Bertz CT molecular complexity index is 959. The van der Waals surface area contributed by atoms with Crippen LogP contribution in [0.1, 0.15) is 260 Å². The number of hydrogen-bond donors (Lipinski definition) is 1. The summed E-state index contributed by atoms with van der Waals surface area (Å²) in [4.78, 5) is 29.0. The standard InChI is InChI=1S/C52H100N2O4/c1-7-11-15-17-19-21-23-25-26-27-29-31-33-35-37-40-49(55)53-48(46-57-50(56)41-38-44-54(42-13-9-3)43-14-10-4)51-47(45-52(5,6)58-51)39-36-34-32-30-28-24-22-20-18-16-12-8-2/h25-26,47-48,51H,7-24,27-46H2,1-6H3,(H,53,55)/b26-25-/t47-,48-,51+/m0/s1. The SMILES string of the molecule is CCCCCCCC/C=C\CCCCCCCC(=O)N[C@@H](COC(=O)CCCN(CCCC)CCCC)[C@@H]1OC(C)(C)C[C@@H]1CCCCCCCCCCCCCC. The molecule has 1 fully saturated rings. The minimum Gasteiger partial charge on any atom is -0.463 e. The molecule has 0 bridgehead atoms. The van der Waals surface area contributed by atoms with Crippen molar-refractivity contribution in [1.82, 2.24) is 10.2 Å².